The Morgan fingerprint density at radius 3 is 1.96 bits per heavy atom. The Bertz CT molecular complexity index is 665. The summed E-state index contributed by atoms with van der Waals surface area (Å²) in [4.78, 5) is 0. The van der Waals surface area contributed by atoms with Gasteiger partial charge in [0.2, 0.25) is 0 Å². The van der Waals surface area contributed by atoms with Gasteiger partial charge in [-0.2, -0.15) is 10.2 Å². The summed E-state index contributed by atoms with van der Waals surface area (Å²) in [5.74, 6) is 0.856. The first-order valence-corrected chi connectivity index (χ1v) is 10.8. The molecular formula is C24H35N3O. The van der Waals surface area contributed by atoms with Gasteiger partial charge < -0.3 is 10.5 Å². The average molecular weight is 382 g/mol. The molecule has 0 spiro atoms. The maximum absolute atomic E-state index is 5.67. The molecule has 0 aliphatic rings. The molecule has 0 radical (unpaired) electrons. The Balaban J connectivity index is 1.73. The van der Waals surface area contributed by atoms with E-state index in [-0.39, 0.29) is 0 Å². The molecule has 0 aliphatic carbocycles. The molecule has 0 fully saturated rings. The molecule has 0 amide bonds. The van der Waals surface area contributed by atoms with Crippen molar-refractivity contribution < 1.29 is 4.74 Å². The van der Waals surface area contributed by atoms with Gasteiger partial charge in [0.1, 0.15) is 5.75 Å². The molecule has 2 aromatic rings. The van der Waals surface area contributed by atoms with Crippen molar-refractivity contribution >= 4 is 11.4 Å². The second-order valence-corrected chi connectivity index (χ2v) is 7.22. The van der Waals surface area contributed by atoms with Crippen LogP contribution in [-0.4, -0.2) is 13.2 Å². The lowest BCUT2D eigenvalue weighted by atomic mass is 10.0. The second kappa shape index (κ2) is 13.9. The van der Waals surface area contributed by atoms with E-state index in [2.05, 4.69) is 29.3 Å². The molecule has 0 unspecified atom stereocenters. The summed E-state index contributed by atoms with van der Waals surface area (Å²) >= 11 is 0. The maximum Gasteiger partial charge on any atom is 0.119 e. The number of ether oxygens (including phenoxy) is 1. The summed E-state index contributed by atoms with van der Waals surface area (Å²) in [6.07, 6.45) is 11.1. The molecule has 0 bridgehead atoms. The normalized spacial score (nSPS) is 11.2. The van der Waals surface area contributed by atoms with Crippen LogP contribution in [0.15, 0.2) is 58.8 Å². The fraction of sp³-hybridized carbons (Fsp3) is 0.500. The first kappa shape index (κ1) is 22.1. The molecule has 0 heterocycles. The van der Waals surface area contributed by atoms with Gasteiger partial charge in [-0.25, -0.2) is 0 Å². The smallest absolute Gasteiger partial charge is 0.119 e. The fourth-order valence-corrected chi connectivity index (χ4v) is 3.00. The Kier molecular flexibility index (Phi) is 11.0. The molecule has 0 aliphatic heterocycles. The first-order valence-electron chi connectivity index (χ1n) is 10.8. The highest BCUT2D eigenvalue weighted by atomic mass is 16.5. The highest BCUT2D eigenvalue weighted by molar-refractivity contribution is 5.43. The minimum absolute atomic E-state index is 0.698. The molecule has 0 aromatic heterocycles. The topological polar surface area (TPSA) is 60.0 Å². The summed E-state index contributed by atoms with van der Waals surface area (Å²) in [5.41, 5.74) is 8.57. The van der Waals surface area contributed by atoms with Crippen LogP contribution in [0.25, 0.3) is 0 Å². The van der Waals surface area contributed by atoms with E-state index in [4.69, 9.17) is 10.5 Å². The third kappa shape index (κ3) is 9.14. The van der Waals surface area contributed by atoms with Gasteiger partial charge >= 0.3 is 0 Å². The minimum atomic E-state index is 0.698. The third-order valence-corrected chi connectivity index (χ3v) is 4.74. The van der Waals surface area contributed by atoms with Gasteiger partial charge in [0, 0.05) is 0 Å². The number of nitrogens with two attached hydrogens (primary N) is 1. The standard InChI is InChI=1S/C24H35N3O/c1-2-3-4-5-6-7-10-21-11-13-22(14-12-21)26-27-23-15-17-24(18-16-23)28-20-9-8-19-25/h11-18H,2-10,19-20,25H2,1H3. The van der Waals surface area contributed by atoms with Crippen LogP contribution >= 0.6 is 0 Å². The molecule has 2 N–H and O–H groups in total. The van der Waals surface area contributed by atoms with Gasteiger partial charge in [-0.05, 0) is 74.2 Å². The lowest BCUT2D eigenvalue weighted by Gasteiger charge is -2.05. The van der Waals surface area contributed by atoms with E-state index < -0.39 is 0 Å². The van der Waals surface area contributed by atoms with Gasteiger partial charge in [0.15, 0.2) is 0 Å². The molecule has 2 rings (SSSR count). The quantitative estimate of drug-likeness (QED) is 0.280. The number of azo groups is 1. The zero-order chi connectivity index (χ0) is 19.9. The van der Waals surface area contributed by atoms with Crippen molar-refractivity contribution in [3.8, 4) is 5.75 Å². The molecule has 2 aromatic carbocycles. The SMILES string of the molecule is CCCCCCCCc1ccc(N=Nc2ccc(OCCCCN)cc2)cc1. The van der Waals surface area contributed by atoms with Crippen LogP contribution in [0.2, 0.25) is 0 Å². The lowest BCUT2D eigenvalue weighted by Crippen LogP contribution is -2.03. The Morgan fingerprint density at radius 2 is 1.32 bits per heavy atom. The fourth-order valence-electron chi connectivity index (χ4n) is 3.00. The van der Waals surface area contributed by atoms with Crippen LogP contribution < -0.4 is 10.5 Å². The number of hydrogen-bond donors (Lipinski definition) is 1. The van der Waals surface area contributed by atoms with E-state index in [0.29, 0.717) is 13.2 Å². The van der Waals surface area contributed by atoms with Crippen molar-refractivity contribution in [1.29, 1.82) is 0 Å². The zero-order valence-corrected chi connectivity index (χ0v) is 17.3. The van der Waals surface area contributed by atoms with Crippen molar-refractivity contribution in [1.82, 2.24) is 0 Å². The van der Waals surface area contributed by atoms with Crippen LogP contribution in [0.3, 0.4) is 0 Å². The van der Waals surface area contributed by atoms with Gasteiger partial charge in [-0.15, -0.1) is 0 Å². The van der Waals surface area contributed by atoms with Crippen LogP contribution in [0, 0.1) is 0 Å². The Hall–Kier alpha value is -2.20. The third-order valence-electron chi connectivity index (χ3n) is 4.74. The molecule has 152 valence electrons. The van der Waals surface area contributed by atoms with E-state index in [1.54, 1.807) is 0 Å². The molecule has 4 nitrogen and oxygen atoms in total. The number of benzene rings is 2. The zero-order valence-electron chi connectivity index (χ0n) is 17.3. The number of unbranched alkanes of at least 4 members (excludes halogenated alkanes) is 6. The molecular weight excluding hydrogens is 346 g/mol. The van der Waals surface area contributed by atoms with Crippen molar-refractivity contribution in [2.24, 2.45) is 16.0 Å². The lowest BCUT2D eigenvalue weighted by molar-refractivity contribution is 0.308. The van der Waals surface area contributed by atoms with Gasteiger partial charge in [0.25, 0.3) is 0 Å². The largest absolute Gasteiger partial charge is 0.494 e. The Morgan fingerprint density at radius 1 is 0.714 bits per heavy atom. The highest BCUT2D eigenvalue weighted by Crippen LogP contribution is 2.22. The van der Waals surface area contributed by atoms with Gasteiger partial charge in [0.05, 0.1) is 18.0 Å². The number of nitrogens with zero attached hydrogens (tertiary/aromatic N) is 2. The second-order valence-electron chi connectivity index (χ2n) is 7.22. The van der Waals surface area contributed by atoms with E-state index in [9.17, 15) is 0 Å². The number of hydrogen-bond acceptors (Lipinski definition) is 4. The predicted molar refractivity (Wildman–Crippen MR) is 118 cm³/mol. The van der Waals surface area contributed by atoms with E-state index >= 15 is 0 Å². The monoisotopic (exact) mass is 381 g/mol. The first-order chi connectivity index (χ1) is 13.8. The Labute approximate surface area is 170 Å². The number of rotatable bonds is 14. The minimum Gasteiger partial charge on any atom is -0.494 e. The average Bonchev–Trinajstić information content (AvgIpc) is 2.74. The van der Waals surface area contributed by atoms with E-state index in [0.717, 1.165) is 36.4 Å². The molecule has 28 heavy (non-hydrogen) atoms. The van der Waals surface area contributed by atoms with Crippen molar-refractivity contribution in [3.05, 3.63) is 54.1 Å². The van der Waals surface area contributed by atoms with Gasteiger partial charge in [-0.1, -0.05) is 51.2 Å². The molecule has 0 atom stereocenters. The van der Waals surface area contributed by atoms with Crippen molar-refractivity contribution in [3.63, 3.8) is 0 Å². The summed E-state index contributed by atoms with van der Waals surface area (Å²) in [5, 5.41) is 8.65. The highest BCUT2D eigenvalue weighted by Gasteiger charge is 1.97. The van der Waals surface area contributed by atoms with Crippen molar-refractivity contribution in [2.45, 2.75) is 64.7 Å². The summed E-state index contributed by atoms with van der Waals surface area (Å²) in [6, 6.07) is 16.1. The summed E-state index contributed by atoms with van der Waals surface area (Å²) in [6.45, 7) is 3.67. The molecule has 0 saturated heterocycles. The maximum atomic E-state index is 5.67. The van der Waals surface area contributed by atoms with Crippen LogP contribution in [-0.2, 0) is 6.42 Å². The predicted octanol–water partition coefficient (Wildman–Crippen LogP) is 7.12. The van der Waals surface area contributed by atoms with Crippen LogP contribution in [0.1, 0.15) is 63.9 Å². The van der Waals surface area contributed by atoms with Gasteiger partial charge in [-0.3, -0.25) is 0 Å². The molecule has 4 heteroatoms. The van der Waals surface area contributed by atoms with E-state index in [1.807, 2.05) is 36.4 Å². The van der Waals surface area contributed by atoms with Crippen molar-refractivity contribution in [2.75, 3.05) is 13.2 Å². The molecule has 0 saturated carbocycles. The van der Waals surface area contributed by atoms with Crippen LogP contribution in [0.4, 0.5) is 11.4 Å². The van der Waals surface area contributed by atoms with E-state index in [1.165, 1.54) is 44.1 Å². The summed E-state index contributed by atoms with van der Waals surface area (Å²) < 4.78 is 5.67. The summed E-state index contributed by atoms with van der Waals surface area (Å²) in [7, 11) is 0. The number of aryl methyl sites for hydroxylation is 1. The van der Waals surface area contributed by atoms with Crippen LogP contribution in [0.5, 0.6) is 5.75 Å².